The number of carbonyl (C=O) groups is 2. The highest BCUT2D eigenvalue weighted by molar-refractivity contribution is 5.95. The highest BCUT2D eigenvalue weighted by Gasteiger charge is 2.21. The summed E-state index contributed by atoms with van der Waals surface area (Å²) in [5, 5.41) is 15.9. The van der Waals surface area contributed by atoms with Crippen LogP contribution in [0, 0.1) is 12.8 Å². The maximum absolute atomic E-state index is 12.5. The highest BCUT2D eigenvalue weighted by Crippen LogP contribution is 2.19. The number of aryl methyl sites for hydroxylation is 1. The second-order valence-corrected chi connectivity index (χ2v) is 6.01. The molecule has 0 aliphatic rings. The number of carboxylic acid groups (broad SMARTS) is 1. The van der Waals surface area contributed by atoms with Crippen LogP contribution in [0.2, 0.25) is 0 Å². The predicted octanol–water partition coefficient (Wildman–Crippen LogP) is 2.57. The number of amides is 1. The zero-order valence-corrected chi connectivity index (χ0v) is 13.5. The minimum absolute atomic E-state index is 0.179. The molecule has 0 fully saturated rings. The molecule has 2 aromatic rings. The molecule has 0 bridgehead atoms. The van der Waals surface area contributed by atoms with Gasteiger partial charge in [0.05, 0.1) is 5.69 Å². The normalized spacial score (nSPS) is 10.8. The fourth-order valence-corrected chi connectivity index (χ4v) is 2.30. The number of carboxylic acids is 1. The van der Waals surface area contributed by atoms with Gasteiger partial charge in [-0.2, -0.15) is 5.10 Å². The lowest BCUT2D eigenvalue weighted by Gasteiger charge is -2.21. The number of nitrogens with one attached hydrogen (secondary N) is 1. The Balaban J connectivity index is 2.21. The van der Waals surface area contributed by atoms with E-state index in [0.29, 0.717) is 17.9 Å². The van der Waals surface area contributed by atoms with Crippen LogP contribution in [0.15, 0.2) is 30.3 Å². The summed E-state index contributed by atoms with van der Waals surface area (Å²) in [4.78, 5) is 24.8. The summed E-state index contributed by atoms with van der Waals surface area (Å²) >= 11 is 0. The minimum atomic E-state index is -1.03. The van der Waals surface area contributed by atoms with Crippen molar-refractivity contribution in [3.8, 4) is 11.3 Å². The van der Waals surface area contributed by atoms with E-state index in [2.05, 4.69) is 10.2 Å². The van der Waals surface area contributed by atoms with Gasteiger partial charge in [0.25, 0.3) is 5.91 Å². The number of hydrogen-bond acceptors (Lipinski definition) is 3. The van der Waals surface area contributed by atoms with Gasteiger partial charge < -0.3 is 10.0 Å². The van der Waals surface area contributed by atoms with Gasteiger partial charge in [-0.05, 0) is 18.9 Å². The smallest absolute Gasteiger partial charge is 0.323 e. The van der Waals surface area contributed by atoms with E-state index in [4.69, 9.17) is 5.11 Å². The van der Waals surface area contributed by atoms with E-state index >= 15 is 0 Å². The van der Waals surface area contributed by atoms with Crippen molar-refractivity contribution in [2.24, 2.45) is 5.92 Å². The maximum atomic E-state index is 12.5. The number of hydrogen-bond donors (Lipinski definition) is 2. The van der Waals surface area contributed by atoms with Crippen LogP contribution in [0.25, 0.3) is 11.3 Å². The number of aromatic amines is 1. The van der Waals surface area contributed by atoms with Crippen molar-refractivity contribution in [3.63, 3.8) is 0 Å². The summed E-state index contributed by atoms with van der Waals surface area (Å²) < 4.78 is 0. The molecule has 122 valence electrons. The molecule has 0 atom stereocenters. The molecule has 1 aromatic heterocycles. The third kappa shape index (κ3) is 4.42. The Kier molecular flexibility index (Phi) is 5.16. The molecule has 0 aliphatic carbocycles. The maximum Gasteiger partial charge on any atom is 0.323 e. The number of benzene rings is 1. The Hall–Kier alpha value is -2.63. The zero-order chi connectivity index (χ0) is 17.0. The van der Waals surface area contributed by atoms with Crippen molar-refractivity contribution in [2.75, 3.05) is 13.1 Å². The van der Waals surface area contributed by atoms with E-state index < -0.39 is 5.97 Å². The van der Waals surface area contributed by atoms with Gasteiger partial charge in [0.1, 0.15) is 12.2 Å². The molecule has 1 heterocycles. The molecule has 0 spiro atoms. The van der Waals surface area contributed by atoms with Crippen LogP contribution in [0.4, 0.5) is 0 Å². The quantitative estimate of drug-likeness (QED) is 0.858. The molecule has 6 heteroatoms. The predicted molar refractivity (Wildman–Crippen MR) is 87.1 cm³/mol. The largest absolute Gasteiger partial charge is 0.480 e. The van der Waals surface area contributed by atoms with Crippen molar-refractivity contribution < 1.29 is 14.7 Å². The standard InChI is InChI=1S/C17H21N3O3/c1-11(2)9-20(10-16(21)22)17(23)15-8-14(18-19-15)13-6-4-12(3)5-7-13/h4-8,11H,9-10H2,1-3H3,(H,18,19)(H,21,22). The van der Waals surface area contributed by atoms with Crippen LogP contribution < -0.4 is 0 Å². The minimum Gasteiger partial charge on any atom is -0.480 e. The second kappa shape index (κ2) is 7.09. The van der Waals surface area contributed by atoms with Gasteiger partial charge in [-0.3, -0.25) is 14.7 Å². The van der Waals surface area contributed by atoms with Crippen molar-refractivity contribution in [3.05, 3.63) is 41.6 Å². The first-order valence-corrected chi connectivity index (χ1v) is 7.50. The van der Waals surface area contributed by atoms with Crippen LogP contribution in [0.1, 0.15) is 29.9 Å². The Labute approximate surface area is 135 Å². The summed E-state index contributed by atoms with van der Waals surface area (Å²) in [6.07, 6.45) is 0. The van der Waals surface area contributed by atoms with E-state index in [1.807, 2.05) is 45.0 Å². The number of carbonyl (C=O) groups excluding carboxylic acids is 1. The van der Waals surface area contributed by atoms with E-state index in [0.717, 1.165) is 11.1 Å². The van der Waals surface area contributed by atoms with E-state index in [-0.39, 0.29) is 18.4 Å². The van der Waals surface area contributed by atoms with E-state index in [1.54, 1.807) is 6.07 Å². The highest BCUT2D eigenvalue weighted by atomic mass is 16.4. The summed E-state index contributed by atoms with van der Waals surface area (Å²) in [7, 11) is 0. The number of aromatic nitrogens is 2. The molecule has 1 amide bonds. The molecule has 0 saturated heterocycles. The summed E-state index contributed by atoms with van der Waals surface area (Å²) in [5.74, 6) is -1.21. The van der Waals surface area contributed by atoms with E-state index in [1.165, 1.54) is 4.90 Å². The summed E-state index contributed by atoms with van der Waals surface area (Å²) in [5.41, 5.74) is 3.00. The van der Waals surface area contributed by atoms with Gasteiger partial charge in [0.15, 0.2) is 0 Å². The van der Waals surface area contributed by atoms with Crippen molar-refractivity contribution in [2.45, 2.75) is 20.8 Å². The van der Waals surface area contributed by atoms with Gasteiger partial charge in [0, 0.05) is 12.1 Å². The molecule has 0 saturated carbocycles. The first-order chi connectivity index (χ1) is 10.9. The lowest BCUT2D eigenvalue weighted by molar-refractivity contribution is -0.137. The molecule has 0 aliphatic heterocycles. The van der Waals surface area contributed by atoms with Crippen LogP contribution in [0.5, 0.6) is 0 Å². The van der Waals surface area contributed by atoms with Crippen molar-refractivity contribution in [1.29, 1.82) is 0 Å². The number of nitrogens with zero attached hydrogens (tertiary/aromatic N) is 2. The van der Waals surface area contributed by atoms with Crippen molar-refractivity contribution >= 4 is 11.9 Å². The van der Waals surface area contributed by atoms with Crippen LogP contribution in [-0.2, 0) is 4.79 Å². The molecule has 0 unspecified atom stereocenters. The van der Waals surface area contributed by atoms with Crippen LogP contribution in [0.3, 0.4) is 0 Å². The molecular formula is C17H21N3O3. The molecule has 6 nitrogen and oxygen atoms in total. The lowest BCUT2D eigenvalue weighted by Crippen LogP contribution is -2.38. The number of H-pyrrole nitrogens is 1. The van der Waals surface area contributed by atoms with Crippen LogP contribution in [-0.4, -0.2) is 45.2 Å². The summed E-state index contributed by atoms with van der Waals surface area (Å²) in [6, 6.07) is 9.47. The third-order valence-corrected chi connectivity index (χ3v) is 3.35. The first-order valence-electron chi connectivity index (χ1n) is 7.50. The Morgan fingerprint density at radius 2 is 1.91 bits per heavy atom. The van der Waals surface area contributed by atoms with Gasteiger partial charge in [-0.15, -0.1) is 0 Å². The fourth-order valence-electron chi connectivity index (χ4n) is 2.30. The Morgan fingerprint density at radius 3 is 2.48 bits per heavy atom. The van der Waals surface area contributed by atoms with E-state index in [9.17, 15) is 9.59 Å². The molecule has 0 radical (unpaired) electrons. The SMILES string of the molecule is Cc1ccc(-c2cc(C(=O)N(CC(=O)O)CC(C)C)[nH]n2)cc1. The molecular weight excluding hydrogens is 294 g/mol. The van der Waals surface area contributed by atoms with Gasteiger partial charge >= 0.3 is 5.97 Å². The fraction of sp³-hybridized carbons (Fsp3) is 0.353. The number of rotatable bonds is 6. The second-order valence-electron chi connectivity index (χ2n) is 6.01. The van der Waals surface area contributed by atoms with Crippen LogP contribution >= 0.6 is 0 Å². The average Bonchev–Trinajstić information content (AvgIpc) is 2.95. The zero-order valence-electron chi connectivity index (χ0n) is 13.5. The topological polar surface area (TPSA) is 86.3 Å². The van der Waals surface area contributed by atoms with Gasteiger partial charge in [-0.25, -0.2) is 0 Å². The molecule has 2 rings (SSSR count). The van der Waals surface area contributed by atoms with Crippen molar-refractivity contribution in [1.82, 2.24) is 15.1 Å². The Bertz CT molecular complexity index is 689. The first kappa shape index (κ1) is 16.7. The van der Waals surface area contributed by atoms with Gasteiger partial charge in [-0.1, -0.05) is 43.7 Å². The van der Waals surface area contributed by atoms with Gasteiger partial charge in [0.2, 0.25) is 0 Å². The molecule has 2 N–H and O–H groups in total. The molecule has 23 heavy (non-hydrogen) atoms. The monoisotopic (exact) mass is 315 g/mol. The average molecular weight is 315 g/mol. The Morgan fingerprint density at radius 1 is 1.26 bits per heavy atom. The number of aliphatic carboxylic acids is 1. The third-order valence-electron chi connectivity index (χ3n) is 3.35. The summed E-state index contributed by atoms with van der Waals surface area (Å²) in [6.45, 7) is 5.93. The molecule has 1 aromatic carbocycles. The lowest BCUT2D eigenvalue weighted by atomic mass is 10.1.